The van der Waals surface area contributed by atoms with Gasteiger partial charge in [0.05, 0.1) is 0 Å². The maximum atomic E-state index is 4.27. The lowest BCUT2D eigenvalue weighted by Gasteiger charge is -2.12. The van der Waals surface area contributed by atoms with Crippen LogP contribution in [0.2, 0.25) is 0 Å². The largest absolute Gasteiger partial charge is 0.312 e. The molecule has 0 aliphatic rings. The van der Waals surface area contributed by atoms with Crippen LogP contribution in [-0.2, 0) is 13.6 Å². The van der Waals surface area contributed by atoms with Crippen LogP contribution in [0.1, 0.15) is 19.4 Å². The van der Waals surface area contributed by atoms with Crippen molar-refractivity contribution in [3.63, 3.8) is 0 Å². The van der Waals surface area contributed by atoms with E-state index in [4.69, 9.17) is 0 Å². The molecule has 0 fully saturated rings. The predicted molar refractivity (Wildman–Crippen MR) is 85.8 cm³/mol. The van der Waals surface area contributed by atoms with Crippen molar-refractivity contribution in [1.82, 2.24) is 20.1 Å². The molecule has 108 valence electrons. The Balaban J connectivity index is 2.13. The fraction of sp³-hybridized carbons (Fsp3) is 0.429. The standard InChI is InChI=1S/C14H19BrN4S/c1-10(2)7-16-8-11-6-12(15)4-5-13(11)20-14-17-9-18-19(14)3/h4-6,9-10,16H,7-8H2,1-3H3. The molecule has 0 amide bonds. The summed E-state index contributed by atoms with van der Waals surface area (Å²) in [6.07, 6.45) is 1.58. The van der Waals surface area contributed by atoms with Crippen LogP contribution in [0.3, 0.4) is 0 Å². The van der Waals surface area contributed by atoms with Crippen LogP contribution in [0.4, 0.5) is 0 Å². The fourth-order valence-corrected chi connectivity index (χ4v) is 3.04. The third-order valence-corrected chi connectivity index (χ3v) is 4.43. The first-order valence-corrected chi connectivity index (χ1v) is 8.18. The molecule has 1 aromatic carbocycles. The summed E-state index contributed by atoms with van der Waals surface area (Å²) >= 11 is 5.18. The van der Waals surface area contributed by atoms with E-state index in [1.165, 1.54) is 10.5 Å². The van der Waals surface area contributed by atoms with Crippen molar-refractivity contribution in [2.24, 2.45) is 13.0 Å². The Morgan fingerprint density at radius 1 is 1.40 bits per heavy atom. The van der Waals surface area contributed by atoms with Gasteiger partial charge in [0, 0.05) is 23.0 Å². The van der Waals surface area contributed by atoms with E-state index >= 15 is 0 Å². The van der Waals surface area contributed by atoms with E-state index in [-0.39, 0.29) is 0 Å². The molecule has 0 spiro atoms. The molecule has 1 heterocycles. The Hall–Kier alpha value is -0.850. The van der Waals surface area contributed by atoms with Gasteiger partial charge in [-0.05, 0) is 48.0 Å². The average molecular weight is 355 g/mol. The zero-order valence-electron chi connectivity index (χ0n) is 11.9. The lowest BCUT2D eigenvalue weighted by molar-refractivity contribution is 0.550. The lowest BCUT2D eigenvalue weighted by atomic mass is 10.2. The second-order valence-corrected chi connectivity index (χ2v) is 6.97. The number of rotatable bonds is 6. The van der Waals surface area contributed by atoms with E-state index in [1.807, 2.05) is 7.05 Å². The third kappa shape index (κ3) is 4.33. The minimum atomic E-state index is 0.650. The Labute approximate surface area is 132 Å². The molecule has 1 aromatic heterocycles. The SMILES string of the molecule is CC(C)CNCc1cc(Br)ccc1Sc1ncnn1C. The highest BCUT2D eigenvalue weighted by Gasteiger charge is 2.09. The van der Waals surface area contributed by atoms with Crippen LogP contribution in [0.15, 0.2) is 39.1 Å². The molecule has 0 aliphatic heterocycles. The molecular weight excluding hydrogens is 336 g/mol. The predicted octanol–water partition coefficient (Wildman–Crippen LogP) is 3.47. The smallest absolute Gasteiger partial charge is 0.190 e. The van der Waals surface area contributed by atoms with Crippen molar-refractivity contribution in [3.05, 3.63) is 34.6 Å². The summed E-state index contributed by atoms with van der Waals surface area (Å²) in [5.74, 6) is 0.650. The summed E-state index contributed by atoms with van der Waals surface area (Å²) in [4.78, 5) is 5.47. The minimum absolute atomic E-state index is 0.650. The van der Waals surface area contributed by atoms with Gasteiger partial charge in [-0.3, -0.25) is 0 Å². The van der Waals surface area contributed by atoms with E-state index in [9.17, 15) is 0 Å². The molecular formula is C14H19BrN4S. The molecule has 0 unspecified atom stereocenters. The van der Waals surface area contributed by atoms with Crippen molar-refractivity contribution >= 4 is 27.7 Å². The molecule has 1 N–H and O–H groups in total. The first-order valence-electron chi connectivity index (χ1n) is 6.57. The molecule has 0 atom stereocenters. The van der Waals surface area contributed by atoms with Crippen LogP contribution in [0, 0.1) is 5.92 Å². The van der Waals surface area contributed by atoms with Gasteiger partial charge in [-0.1, -0.05) is 29.8 Å². The van der Waals surface area contributed by atoms with Gasteiger partial charge in [0.2, 0.25) is 0 Å². The number of hydrogen-bond acceptors (Lipinski definition) is 4. The van der Waals surface area contributed by atoms with Crippen LogP contribution in [0.5, 0.6) is 0 Å². The van der Waals surface area contributed by atoms with Crippen LogP contribution < -0.4 is 5.32 Å². The summed E-state index contributed by atoms with van der Waals surface area (Å²) in [6, 6.07) is 6.34. The van der Waals surface area contributed by atoms with E-state index in [0.29, 0.717) is 5.92 Å². The maximum Gasteiger partial charge on any atom is 0.190 e. The van der Waals surface area contributed by atoms with Gasteiger partial charge < -0.3 is 5.32 Å². The van der Waals surface area contributed by atoms with Gasteiger partial charge in [-0.2, -0.15) is 5.10 Å². The minimum Gasteiger partial charge on any atom is -0.312 e. The highest BCUT2D eigenvalue weighted by molar-refractivity contribution is 9.10. The molecule has 20 heavy (non-hydrogen) atoms. The summed E-state index contributed by atoms with van der Waals surface area (Å²) in [6.45, 7) is 6.30. The third-order valence-electron chi connectivity index (χ3n) is 2.76. The summed E-state index contributed by atoms with van der Waals surface area (Å²) in [7, 11) is 1.91. The van der Waals surface area contributed by atoms with E-state index < -0.39 is 0 Å². The van der Waals surface area contributed by atoms with E-state index in [1.54, 1.807) is 22.8 Å². The van der Waals surface area contributed by atoms with Gasteiger partial charge >= 0.3 is 0 Å². The Bertz CT molecular complexity index is 568. The van der Waals surface area contributed by atoms with Crippen molar-refractivity contribution in [2.45, 2.75) is 30.4 Å². The van der Waals surface area contributed by atoms with Gasteiger partial charge in [-0.25, -0.2) is 9.67 Å². The maximum absolute atomic E-state index is 4.27. The zero-order valence-corrected chi connectivity index (χ0v) is 14.3. The molecule has 2 rings (SSSR count). The second-order valence-electron chi connectivity index (χ2n) is 5.05. The van der Waals surface area contributed by atoms with Gasteiger partial charge in [0.15, 0.2) is 5.16 Å². The monoisotopic (exact) mass is 354 g/mol. The summed E-state index contributed by atoms with van der Waals surface area (Å²) in [5, 5.41) is 8.49. The number of benzene rings is 1. The average Bonchev–Trinajstić information content (AvgIpc) is 2.78. The molecule has 0 aliphatic carbocycles. The second kappa shape index (κ2) is 7.24. The summed E-state index contributed by atoms with van der Waals surface area (Å²) < 4.78 is 2.89. The molecule has 0 saturated carbocycles. The lowest BCUT2D eigenvalue weighted by Crippen LogP contribution is -2.19. The highest BCUT2D eigenvalue weighted by Crippen LogP contribution is 2.30. The van der Waals surface area contributed by atoms with E-state index in [2.05, 4.69) is 63.4 Å². The number of nitrogens with one attached hydrogen (secondary N) is 1. The van der Waals surface area contributed by atoms with E-state index in [0.717, 1.165) is 22.7 Å². The van der Waals surface area contributed by atoms with Gasteiger partial charge in [0.1, 0.15) is 6.33 Å². The first-order chi connectivity index (χ1) is 9.56. The molecule has 0 radical (unpaired) electrons. The van der Waals surface area contributed by atoms with Crippen molar-refractivity contribution < 1.29 is 0 Å². The normalized spacial score (nSPS) is 11.2. The Morgan fingerprint density at radius 3 is 2.85 bits per heavy atom. The number of hydrogen-bond donors (Lipinski definition) is 1. The number of aromatic nitrogens is 3. The van der Waals surface area contributed by atoms with Crippen molar-refractivity contribution in [1.29, 1.82) is 0 Å². The summed E-state index contributed by atoms with van der Waals surface area (Å²) in [5.41, 5.74) is 1.27. The molecule has 4 nitrogen and oxygen atoms in total. The Morgan fingerprint density at radius 2 is 2.20 bits per heavy atom. The van der Waals surface area contributed by atoms with Crippen LogP contribution >= 0.6 is 27.7 Å². The highest BCUT2D eigenvalue weighted by atomic mass is 79.9. The fourth-order valence-electron chi connectivity index (χ4n) is 1.76. The molecule has 6 heteroatoms. The molecule has 0 saturated heterocycles. The first kappa shape index (κ1) is 15.5. The zero-order chi connectivity index (χ0) is 14.5. The number of aryl methyl sites for hydroxylation is 1. The van der Waals surface area contributed by atoms with Crippen molar-refractivity contribution in [2.75, 3.05) is 6.54 Å². The van der Waals surface area contributed by atoms with Crippen LogP contribution in [-0.4, -0.2) is 21.3 Å². The number of nitrogens with zero attached hydrogens (tertiary/aromatic N) is 3. The van der Waals surface area contributed by atoms with Gasteiger partial charge in [0.25, 0.3) is 0 Å². The topological polar surface area (TPSA) is 42.7 Å². The van der Waals surface area contributed by atoms with Gasteiger partial charge in [-0.15, -0.1) is 0 Å². The van der Waals surface area contributed by atoms with Crippen molar-refractivity contribution in [3.8, 4) is 0 Å². The Kier molecular flexibility index (Phi) is 5.63. The quantitative estimate of drug-likeness (QED) is 0.862. The molecule has 2 aromatic rings. The number of halogens is 1. The molecule has 0 bridgehead atoms. The van der Waals surface area contributed by atoms with Crippen LogP contribution in [0.25, 0.3) is 0 Å².